The molecule has 0 aliphatic carbocycles. The lowest BCUT2D eigenvalue weighted by Gasteiger charge is -2.34. The van der Waals surface area contributed by atoms with Crippen LogP contribution in [0.4, 0.5) is 13.2 Å². The fourth-order valence-corrected chi connectivity index (χ4v) is 2.69. The van der Waals surface area contributed by atoms with Gasteiger partial charge in [0.2, 0.25) is 5.91 Å². The highest BCUT2D eigenvalue weighted by atomic mass is 19.4. The van der Waals surface area contributed by atoms with Gasteiger partial charge < -0.3 is 19.7 Å². The van der Waals surface area contributed by atoms with Crippen molar-refractivity contribution in [3.8, 4) is 0 Å². The van der Waals surface area contributed by atoms with E-state index in [0.717, 1.165) is 0 Å². The molecule has 1 aromatic rings. The van der Waals surface area contributed by atoms with Gasteiger partial charge in [0.1, 0.15) is 12.1 Å². The standard InChI is InChI=1S/C15H17F3N2O5/c16-15(17,18)8-9(14(23)24)19-12(21)10-4-1-2-6-20(10)13(22)11-5-3-7-25-11/h3,5,7,9-10H,1-2,4,6,8H2,(H,19,21)(H,23,24). The molecule has 1 aliphatic rings. The van der Waals surface area contributed by atoms with Crippen molar-refractivity contribution in [3.63, 3.8) is 0 Å². The summed E-state index contributed by atoms with van der Waals surface area (Å²) in [5, 5.41) is 10.8. The van der Waals surface area contributed by atoms with E-state index in [2.05, 4.69) is 0 Å². The lowest BCUT2D eigenvalue weighted by molar-refractivity contribution is -0.160. The second-order valence-corrected chi connectivity index (χ2v) is 5.71. The molecule has 0 saturated carbocycles. The van der Waals surface area contributed by atoms with Crippen molar-refractivity contribution < 1.29 is 37.1 Å². The van der Waals surface area contributed by atoms with Gasteiger partial charge >= 0.3 is 12.1 Å². The maximum atomic E-state index is 12.5. The van der Waals surface area contributed by atoms with E-state index >= 15 is 0 Å². The SMILES string of the molecule is O=C(O)C(CC(F)(F)F)NC(=O)C1CCCCN1C(=O)c1ccco1. The Bertz CT molecular complexity index is 630. The second kappa shape index (κ2) is 7.58. The zero-order valence-corrected chi connectivity index (χ0v) is 13.1. The van der Waals surface area contributed by atoms with Crippen molar-refractivity contribution >= 4 is 17.8 Å². The smallest absolute Gasteiger partial charge is 0.391 e. The fourth-order valence-electron chi connectivity index (χ4n) is 2.69. The van der Waals surface area contributed by atoms with Crippen LogP contribution in [-0.4, -0.2) is 52.6 Å². The molecule has 2 N–H and O–H groups in total. The van der Waals surface area contributed by atoms with Crippen molar-refractivity contribution in [2.75, 3.05) is 6.54 Å². The molecule has 138 valence electrons. The molecular formula is C15H17F3N2O5. The number of carboxylic acid groups (broad SMARTS) is 1. The highest BCUT2D eigenvalue weighted by Crippen LogP contribution is 2.23. The van der Waals surface area contributed by atoms with E-state index in [9.17, 15) is 27.6 Å². The summed E-state index contributed by atoms with van der Waals surface area (Å²) in [7, 11) is 0. The number of nitrogens with one attached hydrogen (secondary N) is 1. The molecular weight excluding hydrogens is 345 g/mol. The summed E-state index contributed by atoms with van der Waals surface area (Å²) in [6, 6.07) is -0.234. The molecule has 1 aliphatic heterocycles. The molecule has 0 radical (unpaired) electrons. The van der Waals surface area contributed by atoms with E-state index in [-0.39, 0.29) is 18.7 Å². The molecule has 0 bridgehead atoms. The zero-order valence-electron chi connectivity index (χ0n) is 13.1. The Kier molecular flexibility index (Phi) is 5.70. The third-order valence-corrected chi connectivity index (χ3v) is 3.85. The van der Waals surface area contributed by atoms with Gasteiger partial charge in [0.15, 0.2) is 5.76 Å². The van der Waals surface area contributed by atoms with Gasteiger partial charge in [-0.15, -0.1) is 0 Å². The minimum absolute atomic E-state index is 0.00442. The summed E-state index contributed by atoms with van der Waals surface area (Å²) in [5.41, 5.74) is 0. The number of carboxylic acids is 1. The van der Waals surface area contributed by atoms with Crippen molar-refractivity contribution in [2.24, 2.45) is 0 Å². The van der Waals surface area contributed by atoms with Gasteiger partial charge in [-0.05, 0) is 31.4 Å². The van der Waals surface area contributed by atoms with Gasteiger partial charge in [0.05, 0.1) is 12.7 Å². The van der Waals surface area contributed by atoms with Crippen LogP contribution in [0.5, 0.6) is 0 Å². The summed E-state index contributed by atoms with van der Waals surface area (Å²) < 4.78 is 42.4. The largest absolute Gasteiger partial charge is 0.480 e. The van der Waals surface area contributed by atoms with E-state index in [1.165, 1.54) is 23.3 Å². The first-order valence-corrected chi connectivity index (χ1v) is 7.63. The maximum absolute atomic E-state index is 12.5. The van der Waals surface area contributed by atoms with E-state index in [1.807, 2.05) is 5.32 Å². The highest BCUT2D eigenvalue weighted by molar-refractivity contribution is 5.96. The first kappa shape index (κ1) is 18.8. The van der Waals surface area contributed by atoms with Crippen molar-refractivity contribution in [2.45, 2.75) is 43.9 Å². The van der Waals surface area contributed by atoms with Crippen LogP contribution in [0.3, 0.4) is 0 Å². The summed E-state index contributed by atoms with van der Waals surface area (Å²) in [4.78, 5) is 36.9. The molecule has 1 aromatic heterocycles. The van der Waals surface area contributed by atoms with Crippen molar-refractivity contribution in [3.05, 3.63) is 24.2 Å². The number of carbonyl (C=O) groups is 3. The molecule has 2 heterocycles. The number of nitrogens with zero attached hydrogens (tertiary/aromatic N) is 1. The van der Waals surface area contributed by atoms with Crippen LogP contribution in [-0.2, 0) is 9.59 Å². The first-order valence-electron chi connectivity index (χ1n) is 7.63. The van der Waals surface area contributed by atoms with E-state index in [1.54, 1.807) is 0 Å². The number of rotatable bonds is 5. The molecule has 7 nitrogen and oxygen atoms in total. The summed E-state index contributed by atoms with van der Waals surface area (Å²) >= 11 is 0. The lowest BCUT2D eigenvalue weighted by Crippen LogP contribution is -2.55. The molecule has 0 aromatic carbocycles. The number of amides is 2. The monoisotopic (exact) mass is 362 g/mol. The van der Waals surface area contributed by atoms with Crippen LogP contribution in [0.25, 0.3) is 0 Å². The van der Waals surface area contributed by atoms with Crippen LogP contribution >= 0.6 is 0 Å². The number of hydrogen-bond acceptors (Lipinski definition) is 4. The lowest BCUT2D eigenvalue weighted by atomic mass is 10.00. The molecule has 0 spiro atoms. The van der Waals surface area contributed by atoms with Gasteiger partial charge in [-0.3, -0.25) is 9.59 Å². The van der Waals surface area contributed by atoms with Gasteiger partial charge in [-0.2, -0.15) is 13.2 Å². The highest BCUT2D eigenvalue weighted by Gasteiger charge is 2.39. The average molecular weight is 362 g/mol. The number of carbonyl (C=O) groups excluding carboxylic acids is 2. The number of aliphatic carboxylic acids is 1. The first-order chi connectivity index (χ1) is 11.7. The summed E-state index contributed by atoms with van der Waals surface area (Å²) in [6.45, 7) is 0.231. The fraction of sp³-hybridized carbons (Fsp3) is 0.533. The zero-order chi connectivity index (χ0) is 18.6. The van der Waals surface area contributed by atoms with Crippen LogP contribution in [0.1, 0.15) is 36.2 Å². The van der Waals surface area contributed by atoms with Gasteiger partial charge in [0, 0.05) is 6.54 Å². The Labute approximate surface area is 140 Å². The molecule has 25 heavy (non-hydrogen) atoms. The predicted octanol–water partition coefficient (Wildman–Crippen LogP) is 1.80. The van der Waals surface area contributed by atoms with Crippen LogP contribution in [0.2, 0.25) is 0 Å². The Morgan fingerprint density at radius 3 is 2.64 bits per heavy atom. The Hall–Kier alpha value is -2.52. The number of hydrogen-bond donors (Lipinski definition) is 2. The predicted molar refractivity (Wildman–Crippen MR) is 77.6 cm³/mol. The quantitative estimate of drug-likeness (QED) is 0.832. The van der Waals surface area contributed by atoms with Crippen LogP contribution < -0.4 is 5.32 Å². The van der Waals surface area contributed by atoms with E-state index in [0.29, 0.717) is 12.8 Å². The summed E-state index contributed by atoms with van der Waals surface area (Å²) in [6.07, 6.45) is -3.69. The Balaban J connectivity index is 2.11. The second-order valence-electron chi connectivity index (χ2n) is 5.71. The molecule has 10 heteroatoms. The van der Waals surface area contributed by atoms with Gasteiger partial charge in [-0.25, -0.2) is 4.79 Å². The number of halogens is 3. The number of likely N-dealkylation sites (tertiary alicyclic amines) is 1. The molecule has 1 saturated heterocycles. The number of alkyl halides is 3. The minimum Gasteiger partial charge on any atom is -0.480 e. The molecule has 2 atom stereocenters. The van der Waals surface area contributed by atoms with Crippen molar-refractivity contribution in [1.82, 2.24) is 10.2 Å². The third kappa shape index (κ3) is 4.97. The number of piperidine rings is 1. The molecule has 1 fully saturated rings. The van der Waals surface area contributed by atoms with Gasteiger partial charge in [0.25, 0.3) is 5.91 Å². The van der Waals surface area contributed by atoms with E-state index < -0.39 is 42.5 Å². The van der Waals surface area contributed by atoms with Crippen LogP contribution in [0.15, 0.2) is 22.8 Å². The maximum Gasteiger partial charge on any atom is 0.391 e. The minimum atomic E-state index is -4.74. The Morgan fingerprint density at radius 2 is 2.08 bits per heavy atom. The van der Waals surface area contributed by atoms with E-state index in [4.69, 9.17) is 9.52 Å². The van der Waals surface area contributed by atoms with Gasteiger partial charge in [-0.1, -0.05) is 0 Å². The summed E-state index contributed by atoms with van der Waals surface area (Å²) in [5.74, 6) is -3.26. The molecule has 2 amide bonds. The van der Waals surface area contributed by atoms with Crippen molar-refractivity contribution in [1.29, 1.82) is 0 Å². The third-order valence-electron chi connectivity index (χ3n) is 3.85. The molecule has 2 unspecified atom stereocenters. The Morgan fingerprint density at radius 1 is 1.36 bits per heavy atom. The normalized spacial score (nSPS) is 19.3. The average Bonchev–Trinajstić information content (AvgIpc) is 3.06. The number of furan rings is 1. The topological polar surface area (TPSA) is 99.9 Å². The molecule has 2 rings (SSSR count). The van der Waals surface area contributed by atoms with Crippen LogP contribution in [0, 0.1) is 0 Å².